The van der Waals surface area contributed by atoms with Crippen LogP contribution in [-0.4, -0.2) is 36.2 Å². The Balaban J connectivity index is 1.61. The Morgan fingerprint density at radius 1 is 1.00 bits per heavy atom. The molecule has 4 aromatic rings. The van der Waals surface area contributed by atoms with Crippen molar-refractivity contribution in [3.8, 4) is 11.3 Å². The Morgan fingerprint density at radius 2 is 1.76 bits per heavy atom. The Bertz CT molecular complexity index is 1400. The number of hydrogen-bond donors (Lipinski definition) is 1. The van der Waals surface area contributed by atoms with E-state index < -0.39 is 0 Å². The Hall–Kier alpha value is -3.64. The van der Waals surface area contributed by atoms with Crippen LogP contribution in [-0.2, 0) is 4.74 Å². The first-order chi connectivity index (χ1) is 16.0. The highest BCUT2D eigenvalue weighted by molar-refractivity contribution is 6.28. The number of morpholine rings is 1. The summed E-state index contributed by atoms with van der Waals surface area (Å²) in [4.78, 5) is 16.0. The molecule has 2 heterocycles. The molecule has 1 fully saturated rings. The monoisotopic (exact) mass is 439 g/mol. The lowest BCUT2D eigenvalue weighted by molar-refractivity contribution is -0.00515. The summed E-state index contributed by atoms with van der Waals surface area (Å²) >= 11 is 0. The van der Waals surface area contributed by atoms with Crippen molar-refractivity contribution in [2.75, 3.05) is 23.3 Å². The minimum absolute atomic E-state index is 0.0169. The van der Waals surface area contributed by atoms with Crippen LogP contribution in [0.3, 0.4) is 0 Å². The normalized spacial score (nSPS) is 19.6. The van der Waals surface area contributed by atoms with Gasteiger partial charge in [-0.1, -0.05) is 41.6 Å². The van der Waals surface area contributed by atoms with Gasteiger partial charge in [0.1, 0.15) is 5.52 Å². The number of fused-ring (bicyclic) bond motifs is 2. The number of ketones is 1. The third-order valence-corrected chi connectivity index (χ3v) is 6.44. The van der Waals surface area contributed by atoms with Gasteiger partial charge in [-0.2, -0.15) is 0 Å². The molecule has 0 amide bonds. The molecule has 0 unspecified atom stereocenters. The van der Waals surface area contributed by atoms with Crippen LogP contribution in [0.1, 0.15) is 35.3 Å². The van der Waals surface area contributed by atoms with E-state index in [0.717, 1.165) is 52.2 Å². The fourth-order valence-electron chi connectivity index (χ4n) is 5.13. The first kappa shape index (κ1) is 20.0. The van der Waals surface area contributed by atoms with Crippen molar-refractivity contribution in [2.45, 2.75) is 33.0 Å². The van der Waals surface area contributed by atoms with Crippen molar-refractivity contribution in [1.82, 2.24) is 5.16 Å². The maximum atomic E-state index is 13.7. The van der Waals surface area contributed by atoms with Gasteiger partial charge < -0.3 is 19.5 Å². The summed E-state index contributed by atoms with van der Waals surface area (Å²) in [6.07, 6.45) is 0.191. The lowest BCUT2D eigenvalue weighted by Gasteiger charge is -2.37. The number of anilines is 3. The van der Waals surface area contributed by atoms with E-state index in [-0.39, 0.29) is 18.0 Å². The molecule has 1 aromatic heterocycles. The van der Waals surface area contributed by atoms with Gasteiger partial charge in [0.15, 0.2) is 11.5 Å². The van der Waals surface area contributed by atoms with Gasteiger partial charge in [-0.15, -0.1) is 0 Å². The summed E-state index contributed by atoms with van der Waals surface area (Å²) < 4.78 is 11.9. The summed E-state index contributed by atoms with van der Waals surface area (Å²) in [6.45, 7) is 7.71. The molecule has 6 nitrogen and oxygen atoms in total. The molecule has 33 heavy (non-hydrogen) atoms. The van der Waals surface area contributed by atoms with Gasteiger partial charge in [0.05, 0.1) is 34.5 Å². The van der Waals surface area contributed by atoms with Gasteiger partial charge >= 0.3 is 0 Å². The van der Waals surface area contributed by atoms with Crippen molar-refractivity contribution >= 4 is 33.7 Å². The van der Waals surface area contributed by atoms with Gasteiger partial charge in [-0.25, -0.2) is 0 Å². The summed E-state index contributed by atoms with van der Waals surface area (Å²) in [5.41, 5.74) is 6.56. The summed E-state index contributed by atoms with van der Waals surface area (Å²) in [6, 6.07) is 17.8. The van der Waals surface area contributed by atoms with Crippen LogP contribution in [0.5, 0.6) is 0 Å². The van der Waals surface area contributed by atoms with Crippen molar-refractivity contribution in [1.29, 1.82) is 0 Å². The first-order valence-corrected chi connectivity index (χ1v) is 11.3. The summed E-state index contributed by atoms with van der Waals surface area (Å²) in [5, 5.41) is 8.77. The minimum atomic E-state index is -0.0169. The molecule has 1 saturated heterocycles. The number of benzene rings is 3. The second-order valence-corrected chi connectivity index (χ2v) is 9.09. The van der Waals surface area contributed by atoms with E-state index in [4.69, 9.17) is 9.26 Å². The van der Waals surface area contributed by atoms with E-state index in [0.29, 0.717) is 16.9 Å². The maximum Gasteiger partial charge on any atom is 0.196 e. The molecular formula is C27H25N3O3. The number of aryl methyl sites for hydroxylation is 1. The maximum absolute atomic E-state index is 13.7. The van der Waals surface area contributed by atoms with E-state index in [9.17, 15) is 4.79 Å². The third kappa shape index (κ3) is 3.21. The molecule has 0 bridgehead atoms. The lowest BCUT2D eigenvalue weighted by Crippen LogP contribution is -2.45. The van der Waals surface area contributed by atoms with E-state index >= 15 is 0 Å². The first-order valence-electron chi connectivity index (χ1n) is 11.3. The van der Waals surface area contributed by atoms with Crippen molar-refractivity contribution in [3.63, 3.8) is 0 Å². The molecule has 0 radical (unpaired) electrons. The second-order valence-electron chi connectivity index (χ2n) is 9.09. The third-order valence-electron chi connectivity index (χ3n) is 6.44. The van der Waals surface area contributed by atoms with Crippen LogP contribution in [0.25, 0.3) is 22.2 Å². The topological polar surface area (TPSA) is 67.6 Å². The van der Waals surface area contributed by atoms with E-state index in [1.807, 2.05) is 42.5 Å². The zero-order valence-electron chi connectivity index (χ0n) is 18.9. The van der Waals surface area contributed by atoms with E-state index in [1.54, 1.807) is 0 Å². The molecule has 0 spiro atoms. The second kappa shape index (κ2) is 7.46. The van der Waals surface area contributed by atoms with Crippen LogP contribution < -0.4 is 10.2 Å². The summed E-state index contributed by atoms with van der Waals surface area (Å²) in [7, 11) is 0. The number of nitrogens with one attached hydrogen (secondary N) is 1. The minimum Gasteiger partial charge on any atom is -0.372 e. The Morgan fingerprint density at radius 3 is 2.52 bits per heavy atom. The molecule has 6 rings (SSSR count). The number of aromatic nitrogens is 1. The van der Waals surface area contributed by atoms with E-state index in [1.165, 1.54) is 0 Å². The highest BCUT2D eigenvalue weighted by atomic mass is 16.5. The van der Waals surface area contributed by atoms with Gasteiger partial charge in [0, 0.05) is 29.9 Å². The fraction of sp³-hybridized carbons (Fsp3) is 0.259. The largest absolute Gasteiger partial charge is 0.372 e. The number of rotatable bonds is 3. The zero-order valence-corrected chi connectivity index (χ0v) is 18.9. The molecule has 1 aliphatic carbocycles. The average Bonchev–Trinajstić information content (AvgIpc) is 3.22. The highest BCUT2D eigenvalue weighted by Crippen LogP contribution is 2.46. The van der Waals surface area contributed by atoms with Gasteiger partial charge in [-0.05, 0) is 44.5 Å². The number of carbonyl (C=O) groups excluding carboxylic acids is 1. The molecular weight excluding hydrogens is 414 g/mol. The van der Waals surface area contributed by atoms with Gasteiger partial charge in [-0.3, -0.25) is 4.79 Å². The predicted molar refractivity (Wildman–Crippen MR) is 130 cm³/mol. The van der Waals surface area contributed by atoms with Crippen molar-refractivity contribution in [2.24, 2.45) is 0 Å². The zero-order chi connectivity index (χ0) is 22.7. The number of hydrogen-bond acceptors (Lipinski definition) is 6. The smallest absolute Gasteiger partial charge is 0.196 e. The SMILES string of the molecule is Cc1cccc(Nc2cc(N3C[C@H](C)O[C@@H](C)C3)c3noc4c3c2C(=O)c2ccccc2-4)c1. The van der Waals surface area contributed by atoms with Gasteiger partial charge in [0.25, 0.3) is 0 Å². The molecule has 1 N–H and O–H groups in total. The van der Waals surface area contributed by atoms with Crippen LogP contribution >= 0.6 is 0 Å². The van der Waals surface area contributed by atoms with E-state index in [2.05, 4.69) is 48.3 Å². The molecule has 6 heteroatoms. The molecule has 2 atom stereocenters. The van der Waals surface area contributed by atoms with Crippen molar-refractivity contribution in [3.05, 3.63) is 71.3 Å². The summed E-state index contributed by atoms with van der Waals surface area (Å²) in [5.74, 6) is 0.635. The number of nitrogens with zero attached hydrogens (tertiary/aromatic N) is 2. The lowest BCUT2D eigenvalue weighted by atomic mass is 9.86. The predicted octanol–water partition coefficient (Wildman–Crippen LogP) is 5.70. The molecule has 2 aliphatic rings. The van der Waals surface area contributed by atoms with Crippen LogP contribution in [0.2, 0.25) is 0 Å². The quantitative estimate of drug-likeness (QED) is 0.389. The molecule has 166 valence electrons. The van der Waals surface area contributed by atoms with Crippen LogP contribution in [0.15, 0.2) is 59.1 Å². The Kier molecular flexibility index (Phi) is 4.52. The highest BCUT2D eigenvalue weighted by Gasteiger charge is 2.34. The van der Waals surface area contributed by atoms with Crippen molar-refractivity contribution < 1.29 is 14.1 Å². The van der Waals surface area contributed by atoms with Crippen LogP contribution in [0.4, 0.5) is 17.1 Å². The van der Waals surface area contributed by atoms with Crippen LogP contribution in [0, 0.1) is 6.92 Å². The fourth-order valence-corrected chi connectivity index (χ4v) is 5.13. The van der Waals surface area contributed by atoms with Gasteiger partial charge in [0.2, 0.25) is 0 Å². The number of ether oxygens (including phenoxy) is 1. The Labute approximate surface area is 192 Å². The molecule has 3 aromatic carbocycles. The number of carbonyl (C=O) groups is 1. The molecule has 0 saturated carbocycles. The standard InChI is InChI=1S/C27H25N3O3/c1-15-7-6-8-18(11-15)28-21-12-22(30-13-16(2)32-17(3)14-30)25-24-23(21)26(31)19-9-4-5-10-20(19)27(24)33-29-25/h4-12,16-17,28H,13-14H2,1-3H3/t16-,17-/m0/s1. The average molecular weight is 440 g/mol. The molecule has 1 aliphatic heterocycles.